The number of nitriles is 2. The predicted molar refractivity (Wildman–Crippen MR) is 69.7 cm³/mol. The molecule has 0 saturated carbocycles. The lowest BCUT2D eigenvalue weighted by atomic mass is 10.1. The Balaban J connectivity index is 2.93. The van der Waals surface area contributed by atoms with Gasteiger partial charge in [0.2, 0.25) is 0 Å². The predicted octanol–water partition coefficient (Wildman–Crippen LogP) is 0.955. The van der Waals surface area contributed by atoms with Gasteiger partial charge in [-0.05, 0) is 12.1 Å². The highest BCUT2D eigenvalue weighted by Crippen LogP contribution is 2.13. The van der Waals surface area contributed by atoms with E-state index in [0.29, 0.717) is 11.4 Å². The van der Waals surface area contributed by atoms with Crippen molar-refractivity contribution in [3.63, 3.8) is 0 Å². The third-order valence-corrected chi connectivity index (χ3v) is 2.25. The molecule has 0 aliphatic carbocycles. The van der Waals surface area contributed by atoms with Crippen LogP contribution in [0.5, 0.6) is 0 Å². The second-order valence-electron chi connectivity index (χ2n) is 3.47. The van der Waals surface area contributed by atoms with Gasteiger partial charge in [0.1, 0.15) is 26.1 Å². The molecule has 0 spiro atoms. The van der Waals surface area contributed by atoms with Crippen LogP contribution in [0.15, 0.2) is 22.4 Å². The molecule has 0 unspecified atom stereocenters. The second-order valence-corrected chi connectivity index (χ2v) is 3.47. The standard InChI is InChI=1S/C12H12N6O2/c1-19-15-7-9(5-13)11-3-4-12(18-17-11)10(6-14)8-16-20-2/h3-4,7-10H,1-2H3/b15-7-,16-8-/t9-,10-/m1/s1. The van der Waals surface area contributed by atoms with Crippen LogP contribution in [-0.4, -0.2) is 36.8 Å². The van der Waals surface area contributed by atoms with Crippen molar-refractivity contribution in [1.29, 1.82) is 10.5 Å². The van der Waals surface area contributed by atoms with Crippen LogP contribution in [0, 0.1) is 22.7 Å². The van der Waals surface area contributed by atoms with Gasteiger partial charge in [0.05, 0.1) is 36.0 Å². The van der Waals surface area contributed by atoms with Crippen molar-refractivity contribution in [2.75, 3.05) is 14.2 Å². The molecule has 0 aliphatic heterocycles. The molecule has 0 amide bonds. The van der Waals surface area contributed by atoms with Crippen LogP contribution in [-0.2, 0) is 9.68 Å². The topological polar surface area (TPSA) is 117 Å². The zero-order valence-corrected chi connectivity index (χ0v) is 11.0. The first-order chi connectivity index (χ1) is 9.76. The van der Waals surface area contributed by atoms with Gasteiger partial charge in [0, 0.05) is 0 Å². The molecule has 1 heterocycles. The molecule has 0 saturated heterocycles. The van der Waals surface area contributed by atoms with Crippen molar-refractivity contribution in [2.24, 2.45) is 10.3 Å². The van der Waals surface area contributed by atoms with E-state index in [0.717, 1.165) is 0 Å². The number of aromatic nitrogens is 2. The Bertz CT molecular complexity index is 504. The molecule has 1 rings (SSSR count). The first kappa shape index (κ1) is 15.1. The lowest BCUT2D eigenvalue weighted by Gasteiger charge is -2.04. The summed E-state index contributed by atoms with van der Waals surface area (Å²) in [7, 11) is 2.76. The zero-order valence-electron chi connectivity index (χ0n) is 11.0. The molecule has 102 valence electrons. The number of hydrogen-bond acceptors (Lipinski definition) is 8. The highest BCUT2D eigenvalue weighted by atomic mass is 16.6. The van der Waals surface area contributed by atoms with Crippen molar-refractivity contribution in [1.82, 2.24) is 10.2 Å². The van der Waals surface area contributed by atoms with Gasteiger partial charge in [-0.25, -0.2) is 0 Å². The maximum atomic E-state index is 8.99. The Labute approximate surface area is 115 Å². The fraction of sp³-hybridized carbons (Fsp3) is 0.333. The Morgan fingerprint density at radius 2 is 1.40 bits per heavy atom. The van der Waals surface area contributed by atoms with Gasteiger partial charge >= 0.3 is 0 Å². The van der Waals surface area contributed by atoms with Gasteiger partial charge in [-0.2, -0.15) is 20.7 Å². The van der Waals surface area contributed by atoms with Crippen LogP contribution in [0.1, 0.15) is 23.2 Å². The number of oxime groups is 2. The molecule has 1 aromatic heterocycles. The number of nitrogens with zero attached hydrogens (tertiary/aromatic N) is 6. The minimum atomic E-state index is -0.662. The van der Waals surface area contributed by atoms with Crippen molar-refractivity contribution >= 4 is 12.4 Å². The normalized spacial score (nSPS) is 13.6. The largest absolute Gasteiger partial charge is 0.399 e. The van der Waals surface area contributed by atoms with Gasteiger partial charge < -0.3 is 9.68 Å². The van der Waals surface area contributed by atoms with Gasteiger partial charge in [-0.3, -0.25) is 0 Å². The van der Waals surface area contributed by atoms with Crippen LogP contribution in [0.3, 0.4) is 0 Å². The third-order valence-electron chi connectivity index (χ3n) is 2.25. The maximum absolute atomic E-state index is 8.99. The highest BCUT2D eigenvalue weighted by molar-refractivity contribution is 5.71. The Hall–Kier alpha value is -3.00. The van der Waals surface area contributed by atoms with E-state index in [1.165, 1.54) is 26.6 Å². The maximum Gasteiger partial charge on any atom is 0.129 e. The van der Waals surface area contributed by atoms with E-state index in [1.54, 1.807) is 12.1 Å². The molecule has 1 aromatic rings. The summed E-state index contributed by atoms with van der Waals surface area (Å²) in [6, 6.07) is 7.21. The Kier molecular flexibility index (Phi) is 6.15. The van der Waals surface area contributed by atoms with Crippen LogP contribution >= 0.6 is 0 Å². The molecule has 20 heavy (non-hydrogen) atoms. The molecule has 0 N–H and O–H groups in total. The molecular weight excluding hydrogens is 260 g/mol. The smallest absolute Gasteiger partial charge is 0.129 e. The molecule has 0 fully saturated rings. The fourth-order valence-corrected chi connectivity index (χ4v) is 1.28. The van der Waals surface area contributed by atoms with E-state index in [-0.39, 0.29) is 0 Å². The minimum Gasteiger partial charge on any atom is -0.399 e. The Morgan fingerprint density at radius 3 is 1.65 bits per heavy atom. The van der Waals surface area contributed by atoms with Gasteiger partial charge in [-0.15, -0.1) is 0 Å². The summed E-state index contributed by atoms with van der Waals surface area (Å²) in [5.74, 6) is -1.32. The average molecular weight is 272 g/mol. The molecule has 8 heteroatoms. The average Bonchev–Trinajstić information content (AvgIpc) is 2.50. The lowest BCUT2D eigenvalue weighted by Crippen LogP contribution is -2.07. The van der Waals surface area contributed by atoms with Crippen LogP contribution in [0.25, 0.3) is 0 Å². The number of hydrogen-bond donors (Lipinski definition) is 0. The van der Waals surface area contributed by atoms with E-state index in [9.17, 15) is 0 Å². The SMILES string of the molecule is CO/N=C\[C@@H](C#N)c1ccc([C@H](C#N)/C=N\OC)nn1. The highest BCUT2D eigenvalue weighted by Gasteiger charge is 2.14. The van der Waals surface area contributed by atoms with Crippen LogP contribution < -0.4 is 0 Å². The zero-order chi connectivity index (χ0) is 14.8. The van der Waals surface area contributed by atoms with Crippen LogP contribution in [0.2, 0.25) is 0 Å². The first-order valence-electron chi connectivity index (χ1n) is 5.52. The molecular formula is C12H12N6O2. The van der Waals surface area contributed by atoms with Crippen molar-refractivity contribution < 1.29 is 9.68 Å². The summed E-state index contributed by atoms with van der Waals surface area (Å²) in [6.45, 7) is 0. The summed E-state index contributed by atoms with van der Waals surface area (Å²) < 4.78 is 0. The number of rotatable bonds is 6. The molecule has 2 atom stereocenters. The molecule has 8 nitrogen and oxygen atoms in total. The Morgan fingerprint density at radius 1 is 1.00 bits per heavy atom. The summed E-state index contributed by atoms with van der Waals surface area (Å²) in [5, 5.41) is 32.9. The van der Waals surface area contributed by atoms with Gasteiger partial charge in [0.15, 0.2) is 0 Å². The van der Waals surface area contributed by atoms with E-state index >= 15 is 0 Å². The van der Waals surface area contributed by atoms with E-state index in [1.807, 2.05) is 12.1 Å². The van der Waals surface area contributed by atoms with Crippen molar-refractivity contribution in [3.8, 4) is 12.1 Å². The summed E-state index contributed by atoms with van der Waals surface area (Å²) in [4.78, 5) is 9.03. The second kappa shape index (κ2) is 8.16. The van der Waals surface area contributed by atoms with Gasteiger partial charge in [0.25, 0.3) is 0 Å². The molecule has 0 aliphatic rings. The van der Waals surface area contributed by atoms with Gasteiger partial charge in [-0.1, -0.05) is 10.3 Å². The molecule has 0 aromatic carbocycles. The van der Waals surface area contributed by atoms with E-state index in [4.69, 9.17) is 10.5 Å². The minimum absolute atomic E-state index is 0.414. The molecule has 0 bridgehead atoms. The van der Waals surface area contributed by atoms with Crippen LogP contribution in [0.4, 0.5) is 0 Å². The summed E-state index contributed by atoms with van der Waals surface area (Å²) in [6.07, 6.45) is 2.63. The van der Waals surface area contributed by atoms with E-state index in [2.05, 4.69) is 30.2 Å². The quantitative estimate of drug-likeness (QED) is 0.562. The summed E-state index contributed by atoms with van der Waals surface area (Å²) in [5.41, 5.74) is 0.829. The fourth-order valence-electron chi connectivity index (χ4n) is 1.28. The third kappa shape index (κ3) is 4.03. The van der Waals surface area contributed by atoms with Crippen molar-refractivity contribution in [3.05, 3.63) is 23.5 Å². The van der Waals surface area contributed by atoms with Crippen molar-refractivity contribution in [2.45, 2.75) is 11.8 Å². The summed E-state index contributed by atoms with van der Waals surface area (Å²) >= 11 is 0. The molecule has 0 radical (unpaired) electrons. The first-order valence-corrected chi connectivity index (χ1v) is 5.52. The van der Waals surface area contributed by atoms with E-state index < -0.39 is 11.8 Å². The lowest BCUT2D eigenvalue weighted by molar-refractivity contribution is 0.214. The monoisotopic (exact) mass is 272 g/mol.